The maximum Gasteiger partial charge on any atom is 0.235 e. The van der Waals surface area contributed by atoms with Gasteiger partial charge >= 0.3 is 0 Å². The molecule has 0 radical (unpaired) electrons. The van der Waals surface area contributed by atoms with E-state index in [0.29, 0.717) is 16.5 Å². The lowest BCUT2D eigenvalue weighted by molar-refractivity contribution is -0.113. The maximum atomic E-state index is 12.7. The fourth-order valence-electron chi connectivity index (χ4n) is 4.10. The fourth-order valence-corrected chi connectivity index (χ4v) is 6.87. The summed E-state index contributed by atoms with van der Waals surface area (Å²) < 4.78 is 2.09. The molecule has 6 nitrogen and oxygen atoms in total. The summed E-state index contributed by atoms with van der Waals surface area (Å²) in [5.41, 5.74) is 2.86. The highest BCUT2D eigenvalue weighted by Gasteiger charge is 2.26. The third kappa shape index (κ3) is 4.77. The first-order valence-electron chi connectivity index (χ1n) is 11.0. The van der Waals surface area contributed by atoms with E-state index in [1.807, 2.05) is 0 Å². The average molecular weight is 486 g/mol. The van der Waals surface area contributed by atoms with Gasteiger partial charge in [-0.05, 0) is 50.2 Å². The molecular formula is C23H27N5OS3. The maximum absolute atomic E-state index is 12.7. The summed E-state index contributed by atoms with van der Waals surface area (Å²) >= 11 is 4.66. The van der Waals surface area contributed by atoms with E-state index in [-0.39, 0.29) is 11.7 Å². The number of carbonyl (C=O) groups excluding carboxylic acids is 1. The molecule has 0 bridgehead atoms. The van der Waals surface area contributed by atoms with Crippen molar-refractivity contribution in [2.45, 2.75) is 64.6 Å². The molecule has 3 aromatic rings. The van der Waals surface area contributed by atoms with Crippen molar-refractivity contribution in [2.24, 2.45) is 5.92 Å². The molecule has 0 aromatic carbocycles. The number of hydrogen-bond donors (Lipinski definition) is 1. The number of nitrogens with one attached hydrogen (secondary N) is 1. The number of thiophene rings is 2. The number of fused-ring (bicyclic) bond motifs is 1. The van der Waals surface area contributed by atoms with Crippen LogP contribution in [0.15, 0.2) is 16.6 Å². The lowest BCUT2D eigenvalue weighted by Gasteiger charge is -2.20. The van der Waals surface area contributed by atoms with Crippen LogP contribution < -0.4 is 5.32 Å². The van der Waals surface area contributed by atoms with Gasteiger partial charge in [-0.15, -0.1) is 32.9 Å². The van der Waals surface area contributed by atoms with Gasteiger partial charge in [-0.2, -0.15) is 5.26 Å². The first-order valence-corrected chi connectivity index (χ1v) is 13.7. The second-order valence-corrected chi connectivity index (χ2v) is 11.2. The van der Waals surface area contributed by atoms with E-state index in [0.717, 1.165) is 60.8 Å². The summed E-state index contributed by atoms with van der Waals surface area (Å²) in [6.07, 6.45) is 5.18. The molecule has 1 atom stereocenters. The largest absolute Gasteiger partial charge is 0.316 e. The minimum Gasteiger partial charge on any atom is -0.316 e. The Morgan fingerprint density at radius 3 is 2.94 bits per heavy atom. The molecule has 3 aromatic heterocycles. The van der Waals surface area contributed by atoms with E-state index in [9.17, 15) is 10.1 Å². The van der Waals surface area contributed by atoms with E-state index in [1.165, 1.54) is 21.5 Å². The zero-order valence-electron chi connectivity index (χ0n) is 18.6. The van der Waals surface area contributed by atoms with E-state index in [4.69, 9.17) is 0 Å². The first kappa shape index (κ1) is 23.0. The van der Waals surface area contributed by atoms with Crippen LogP contribution in [0, 0.1) is 24.2 Å². The molecule has 4 rings (SSSR count). The standard InChI is InChI=1S/C23H27N5OS3/c1-4-8-28-21(16-9-14(3)30-12-16)26-27-23(28)31-13-20(29)25-22-18(11-24)17-7-6-15(5-2)10-19(17)32-22/h9,12,15H,4-8,10,13H2,1-3H3,(H,25,29). The first-order chi connectivity index (χ1) is 15.5. The van der Waals surface area contributed by atoms with Gasteiger partial charge in [0.1, 0.15) is 11.1 Å². The Balaban J connectivity index is 1.46. The van der Waals surface area contributed by atoms with Crippen LogP contribution in [0.4, 0.5) is 5.00 Å². The number of anilines is 1. The zero-order valence-corrected chi connectivity index (χ0v) is 21.1. The van der Waals surface area contributed by atoms with Crippen molar-refractivity contribution in [3.8, 4) is 17.5 Å². The van der Waals surface area contributed by atoms with Crippen molar-refractivity contribution in [2.75, 3.05) is 11.1 Å². The number of hydrogen-bond acceptors (Lipinski definition) is 7. The number of aromatic nitrogens is 3. The van der Waals surface area contributed by atoms with Crippen molar-refractivity contribution in [3.05, 3.63) is 32.3 Å². The SMILES string of the molecule is CCCn1c(SCC(=O)Nc2sc3c(c2C#N)CCC(CC)C3)nnc1-c1csc(C)c1. The molecule has 0 spiro atoms. The highest BCUT2D eigenvalue weighted by molar-refractivity contribution is 7.99. The van der Waals surface area contributed by atoms with Crippen molar-refractivity contribution in [1.29, 1.82) is 5.26 Å². The van der Waals surface area contributed by atoms with Crippen molar-refractivity contribution in [1.82, 2.24) is 14.8 Å². The third-order valence-corrected chi connectivity index (χ3v) is 8.79. The van der Waals surface area contributed by atoms with Crippen LogP contribution in [0.2, 0.25) is 0 Å². The molecule has 0 fully saturated rings. The zero-order chi connectivity index (χ0) is 22.7. The third-order valence-electron chi connectivity index (χ3n) is 5.79. The summed E-state index contributed by atoms with van der Waals surface area (Å²) in [7, 11) is 0. The molecule has 1 unspecified atom stereocenters. The van der Waals surface area contributed by atoms with Gasteiger partial charge in [-0.3, -0.25) is 4.79 Å². The van der Waals surface area contributed by atoms with Crippen LogP contribution in [-0.2, 0) is 24.2 Å². The topological polar surface area (TPSA) is 83.6 Å². The predicted molar refractivity (Wildman–Crippen MR) is 133 cm³/mol. The highest BCUT2D eigenvalue weighted by atomic mass is 32.2. The van der Waals surface area contributed by atoms with Crippen LogP contribution in [0.25, 0.3) is 11.4 Å². The minimum absolute atomic E-state index is 0.115. The number of rotatable bonds is 8. The summed E-state index contributed by atoms with van der Waals surface area (Å²) in [5.74, 6) is 1.64. The second-order valence-electron chi connectivity index (χ2n) is 8.08. The van der Waals surface area contributed by atoms with Crippen molar-refractivity contribution in [3.63, 3.8) is 0 Å². The number of nitriles is 1. The van der Waals surface area contributed by atoms with Crippen LogP contribution >= 0.6 is 34.4 Å². The number of carbonyl (C=O) groups is 1. The number of aryl methyl sites for hydroxylation is 1. The van der Waals surface area contributed by atoms with Gasteiger partial charge in [0, 0.05) is 27.2 Å². The Hall–Kier alpha value is -2.15. The summed E-state index contributed by atoms with van der Waals surface area (Å²) in [4.78, 5) is 15.2. The second kappa shape index (κ2) is 10.2. The van der Waals surface area contributed by atoms with E-state index < -0.39 is 0 Å². The highest BCUT2D eigenvalue weighted by Crippen LogP contribution is 2.40. The van der Waals surface area contributed by atoms with Gasteiger partial charge < -0.3 is 9.88 Å². The lowest BCUT2D eigenvalue weighted by atomic mass is 9.86. The van der Waals surface area contributed by atoms with Crippen molar-refractivity contribution >= 4 is 45.3 Å². The lowest BCUT2D eigenvalue weighted by Crippen LogP contribution is -2.15. The van der Waals surface area contributed by atoms with Crippen LogP contribution in [-0.4, -0.2) is 26.4 Å². The van der Waals surface area contributed by atoms with Crippen molar-refractivity contribution < 1.29 is 4.79 Å². The average Bonchev–Trinajstić information content (AvgIpc) is 3.48. The Morgan fingerprint density at radius 1 is 1.41 bits per heavy atom. The minimum atomic E-state index is -0.115. The van der Waals surface area contributed by atoms with Gasteiger partial charge in [0.05, 0.1) is 11.3 Å². The van der Waals surface area contributed by atoms with Crippen LogP contribution in [0.1, 0.15) is 54.0 Å². The summed E-state index contributed by atoms with van der Waals surface area (Å²) in [5, 5.41) is 25.0. The number of nitrogens with zero attached hydrogens (tertiary/aromatic N) is 4. The number of amides is 1. The Bertz CT molecular complexity index is 1150. The van der Waals surface area contributed by atoms with Gasteiger partial charge in [-0.1, -0.05) is 32.0 Å². The molecular weight excluding hydrogens is 458 g/mol. The van der Waals surface area contributed by atoms with Gasteiger partial charge in [0.2, 0.25) is 5.91 Å². The summed E-state index contributed by atoms with van der Waals surface area (Å²) in [6, 6.07) is 4.45. The Kier molecular flexibility index (Phi) is 7.33. The molecule has 1 aliphatic rings. The molecule has 1 aliphatic carbocycles. The van der Waals surface area contributed by atoms with Gasteiger partial charge in [0.15, 0.2) is 11.0 Å². The molecule has 32 heavy (non-hydrogen) atoms. The van der Waals surface area contributed by atoms with E-state index >= 15 is 0 Å². The van der Waals surface area contributed by atoms with Gasteiger partial charge in [-0.25, -0.2) is 0 Å². The molecule has 1 N–H and O–H groups in total. The Labute approximate surface area is 201 Å². The fraction of sp³-hybridized carbons (Fsp3) is 0.478. The van der Waals surface area contributed by atoms with Crippen LogP contribution in [0.5, 0.6) is 0 Å². The number of thioether (sulfide) groups is 1. The van der Waals surface area contributed by atoms with E-state index in [1.54, 1.807) is 22.7 Å². The molecule has 1 amide bonds. The quantitative estimate of drug-likeness (QED) is 0.401. The Morgan fingerprint density at radius 2 is 2.25 bits per heavy atom. The van der Waals surface area contributed by atoms with Gasteiger partial charge in [0.25, 0.3) is 0 Å². The smallest absolute Gasteiger partial charge is 0.235 e. The molecule has 3 heterocycles. The molecule has 168 valence electrons. The predicted octanol–water partition coefficient (Wildman–Crippen LogP) is 5.90. The monoisotopic (exact) mass is 485 g/mol. The van der Waals surface area contributed by atoms with E-state index in [2.05, 4.69) is 58.4 Å². The molecule has 9 heteroatoms. The molecule has 0 saturated heterocycles. The molecule has 0 aliphatic heterocycles. The normalized spacial score (nSPS) is 15.4. The molecule has 0 saturated carbocycles. The van der Waals surface area contributed by atoms with Crippen LogP contribution in [0.3, 0.4) is 0 Å². The summed E-state index contributed by atoms with van der Waals surface area (Å²) in [6.45, 7) is 7.22.